The van der Waals surface area contributed by atoms with Crippen molar-refractivity contribution in [2.75, 3.05) is 13.1 Å². The molecule has 0 spiro atoms. The van der Waals surface area contributed by atoms with Gasteiger partial charge in [-0.1, -0.05) is 18.2 Å². The number of aromatic nitrogens is 1. The molecule has 0 atom stereocenters. The van der Waals surface area contributed by atoms with E-state index in [0.717, 1.165) is 16.5 Å². The largest absolute Gasteiger partial charge is 0.459 e. The van der Waals surface area contributed by atoms with Gasteiger partial charge in [0.05, 0.1) is 12.7 Å². The number of hydrogen-bond acceptors (Lipinski definition) is 3. The second-order valence-electron chi connectivity index (χ2n) is 5.12. The van der Waals surface area contributed by atoms with Crippen LogP contribution in [-0.2, 0) is 11.2 Å². The third kappa shape index (κ3) is 3.60. The fourth-order valence-corrected chi connectivity index (χ4v) is 2.39. The Morgan fingerprint density at radius 2 is 1.87 bits per heavy atom. The molecule has 6 heteroatoms. The fraction of sp³-hybridized carbons (Fsp3) is 0.176. The highest BCUT2D eigenvalue weighted by molar-refractivity contribution is 5.91. The number of amides is 2. The number of H-pyrrole nitrogens is 1. The van der Waals surface area contributed by atoms with Crippen LogP contribution in [0, 0.1) is 0 Å². The van der Waals surface area contributed by atoms with Gasteiger partial charge in [-0.25, -0.2) is 0 Å². The van der Waals surface area contributed by atoms with Gasteiger partial charge >= 0.3 is 0 Å². The molecule has 118 valence electrons. The van der Waals surface area contributed by atoms with E-state index >= 15 is 0 Å². The van der Waals surface area contributed by atoms with Crippen molar-refractivity contribution in [1.82, 2.24) is 15.6 Å². The number of furan rings is 1. The van der Waals surface area contributed by atoms with Gasteiger partial charge in [0.1, 0.15) is 0 Å². The van der Waals surface area contributed by atoms with E-state index < -0.39 is 0 Å². The number of carbonyl (C=O) groups is 2. The monoisotopic (exact) mass is 311 g/mol. The Morgan fingerprint density at radius 3 is 2.70 bits per heavy atom. The number of benzene rings is 1. The molecule has 0 aliphatic heterocycles. The van der Waals surface area contributed by atoms with Crippen LogP contribution >= 0.6 is 0 Å². The molecular formula is C17H17N3O3. The average Bonchev–Trinajstić information content (AvgIpc) is 3.22. The predicted molar refractivity (Wildman–Crippen MR) is 86.1 cm³/mol. The third-order valence-corrected chi connectivity index (χ3v) is 3.50. The summed E-state index contributed by atoms with van der Waals surface area (Å²) in [6.07, 6.45) is 3.59. The van der Waals surface area contributed by atoms with Crippen molar-refractivity contribution < 1.29 is 14.0 Å². The number of aromatic amines is 1. The molecule has 0 unspecified atom stereocenters. The lowest BCUT2D eigenvalue weighted by atomic mass is 10.1. The van der Waals surface area contributed by atoms with Gasteiger partial charge in [-0.15, -0.1) is 0 Å². The summed E-state index contributed by atoms with van der Waals surface area (Å²) >= 11 is 0. The minimum absolute atomic E-state index is 0.0815. The minimum Gasteiger partial charge on any atom is -0.459 e. The number of nitrogens with one attached hydrogen (secondary N) is 3. The normalized spacial score (nSPS) is 10.6. The van der Waals surface area contributed by atoms with Crippen molar-refractivity contribution in [2.45, 2.75) is 6.42 Å². The van der Waals surface area contributed by atoms with E-state index in [4.69, 9.17) is 4.42 Å². The Kier molecular flexibility index (Phi) is 4.42. The molecular weight excluding hydrogens is 294 g/mol. The first-order chi connectivity index (χ1) is 11.2. The van der Waals surface area contributed by atoms with Gasteiger partial charge in [-0.2, -0.15) is 0 Å². The molecule has 2 amide bonds. The molecule has 2 aromatic heterocycles. The summed E-state index contributed by atoms with van der Waals surface area (Å²) in [6.45, 7) is 0.715. The Bertz CT molecular complexity index is 805. The van der Waals surface area contributed by atoms with Gasteiger partial charge in [0.25, 0.3) is 5.91 Å². The summed E-state index contributed by atoms with van der Waals surface area (Å²) in [5, 5.41) is 6.51. The zero-order valence-electron chi connectivity index (χ0n) is 12.5. The van der Waals surface area contributed by atoms with Crippen molar-refractivity contribution in [1.29, 1.82) is 0 Å². The lowest BCUT2D eigenvalue weighted by molar-refractivity contribution is -0.120. The molecule has 0 saturated heterocycles. The number of para-hydroxylation sites is 1. The molecule has 0 fully saturated rings. The Labute approximate surface area is 132 Å². The molecule has 0 aliphatic carbocycles. The van der Waals surface area contributed by atoms with Crippen LogP contribution in [0.5, 0.6) is 0 Å². The van der Waals surface area contributed by atoms with Crippen molar-refractivity contribution in [3.8, 4) is 0 Å². The smallest absolute Gasteiger partial charge is 0.287 e. The first-order valence-electron chi connectivity index (χ1n) is 7.37. The van der Waals surface area contributed by atoms with Crippen LogP contribution in [0.15, 0.2) is 53.3 Å². The molecule has 1 aromatic carbocycles. The number of fused-ring (bicyclic) bond motifs is 1. The summed E-state index contributed by atoms with van der Waals surface area (Å²) in [7, 11) is 0. The molecule has 3 rings (SSSR count). The SMILES string of the molecule is O=C(Cc1c[nH]c2ccccc12)NCCNC(=O)c1ccco1. The Balaban J connectivity index is 1.44. The molecule has 3 N–H and O–H groups in total. The Hall–Kier alpha value is -3.02. The highest BCUT2D eigenvalue weighted by Gasteiger charge is 2.09. The van der Waals surface area contributed by atoms with E-state index in [1.807, 2.05) is 30.5 Å². The highest BCUT2D eigenvalue weighted by Crippen LogP contribution is 2.17. The average molecular weight is 311 g/mol. The van der Waals surface area contributed by atoms with E-state index in [2.05, 4.69) is 15.6 Å². The van der Waals surface area contributed by atoms with Crippen molar-refractivity contribution in [3.05, 3.63) is 60.2 Å². The van der Waals surface area contributed by atoms with E-state index in [0.29, 0.717) is 19.5 Å². The first-order valence-corrected chi connectivity index (χ1v) is 7.37. The van der Waals surface area contributed by atoms with Crippen LogP contribution in [0.4, 0.5) is 0 Å². The fourth-order valence-electron chi connectivity index (χ4n) is 2.39. The summed E-state index contributed by atoms with van der Waals surface area (Å²) in [4.78, 5) is 26.7. The van der Waals surface area contributed by atoms with Crippen LogP contribution in [0.2, 0.25) is 0 Å². The molecule has 0 bridgehead atoms. The lowest BCUT2D eigenvalue weighted by Crippen LogP contribution is -2.35. The van der Waals surface area contributed by atoms with Crippen molar-refractivity contribution >= 4 is 22.7 Å². The van der Waals surface area contributed by atoms with Crippen LogP contribution in [0.3, 0.4) is 0 Å². The van der Waals surface area contributed by atoms with Gasteiger partial charge in [-0.3, -0.25) is 9.59 Å². The third-order valence-electron chi connectivity index (χ3n) is 3.50. The quantitative estimate of drug-likeness (QED) is 0.607. The topological polar surface area (TPSA) is 87.1 Å². The number of rotatable bonds is 6. The van der Waals surface area contributed by atoms with Crippen LogP contribution in [0.1, 0.15) is 16.1 Å². The second-order valence-corrected chi connectivity index (χ2v) is 5.12. The maximum atomic E-state index is 12.0. The molecule has 2 heterocycles. The number of hydrogen-bond donors (Lipinski definition) is 3. The van der Waals surface area contributed by atoms with Crippen LogP contribution in [-0.4, -0.2) is 29.9 Å². The van der Waals surface area contributed by atoms with Crippen molar-refractivity contribution in [2.24, 2.45) is 0 Å². The van der Waals surface area contributed by atoms with Gasteiger partial charge in [0.15, 0.2) is 5.76 Å². The zero-order valence-corrected chi connectivity index (χ0v) is 12.5. The summed E-state index contributed by atoms with van der Waals surface area (Å²) < 4.78 is 4.98. The first kappa shape index (κ1) is 14.9. The van der Waals surface area contributed by atoms with Gasteiger partial charge in [-0.05, 0) is 23.8 Å². The molecule has 23 heavy (non-hydrogen) atoms. The van der Waals surface area contributed by atoms with E-state index in [9.17, 15) is 9.59 Å². The van der Waals surface area contributed by atoms with E-state index in [-0.39, 0.29) is 17.6 Å². The van der Waals surface area contributed by atoms with Crippen LogP contribution in [0.25, 0.3) is 10.9 Å². The molecule has 0 aliphatic rings. The molecule has 0 saturated carbocycles. The van der Waals surface area contributed by atoms with E-state index in [1.165, 1.54) is 6.26 Å². The van der Waals surface area contributed by atoms with Crippen molar-refractivity contribution in [3.63, 3.8) is 0 Å². The summed E-state index contributed by atoms with van der Waals surface area (Å²) in [5.74, 6) is -0.113. The van der Waals surface area contributed by atoms with Gasteiger partial charge in [0.2, 0.25) is 5.91 Å². The lowest BCUT2D eigenvalue weighted by Gasteiger charge is -2.06. The number of carbonyl (C=O) groups excluding carboxylic acids is 2. The maximum absolute atomic E-state index is 12.0. The van der Waals surface area contributed by atoms with Crippen LogP contribution < -0.4 is 10.6 Å². The Morgan fingerprint density at radius 1 is 1.04 bits per heavy atom. The maximum Gasteiger partial charge on any atom is 0.287 e. The molecule has 6 nitrogen and oxygen atoms in total. The molecule has 0 radical (unpaired) electrons. The summed E-state index contributed by atoms with van der Waals surface area (Å²) in [5.41, 5.74) is 1.97. The second kappa shape index (κ2) is 6.83. The van der Waals surface area contributed by atoms with Gasteiger partial charge < -0.3 is 20.0 Å². The zero-order chi connectivity index (χ0) is 16.1. The summed E-state index contributed by atoms with van der Waals surface area (Å²) in [6, 6.07) is 11.1. The highest BCUT2D eigenvalue weighted by atomic mass is 16.3. The van der Waals surface area contributed by atoms with Gasteiger partial charge in [0, 0.05) is 30.2 Å². The van der Waals surface area contributed by atoms with E-state index in [1.54, 1.807) is 12.1 Å². The molecule has 3 aromatic rings. The predicted octanol–water partition coefficient (Wildman–Crippen LogP) is 1.85. The minimum atomic E-state index is -0.291. The standard InChI is InChI=1S/C17H17N3O3/c21-16(10-12-11-20-14-5-2-1-4-13(12)14)18-7-8-19-17(22)15-6-3-9-23-15/h1-6,9,11,20H,7-8,10H2,(H,18,21)(H,19,22).